The highest BCUT2D eigenvalue weighted by molar-refractivity contribution is 5.85. The molecule has 0 radical (unpaired) electrons. The molecule has 6 heteroatoms. The molecule has 3 aromatic rings. The van der Waals surface area contributed by atoms with Crippen molar-refractivity contribution in [3.8, 4) is 12.3 Å². The van der Waals surface area contributed by atoms with Crippen LogP contribution < -0.4 is 5.73 Å². The SMILES string of the molecule is C#Cc1ccc(Cc2c(C)nc3nonc3c2N)nc1. The van der Waals surface area contributed by atoms with E-state index >= 15 is 0 Å². The summed E-state index contributed by atoms with van der Waals surface area (Å²) >= 11 is 0. The van der Waals surface area contributed by atoms with E-state index in [4.69, 9.17) is 12.2 Å². The Hall–Kier alpha value is -2.94. The lowest BCUT2D eigenvalue weighted by molar-refractivity contribution is 0.315. The Bertz CT molecular complexity index is 814. The van der Waals surface area contributed by atoms with Crippen LogP contribution in [0.3, 0.4) is 0 Å². The monoisotopic (exact) mass is 265 g/mol. The highest BCUT2D eigenvalue weighted by Crippen LogP contribution is 2.25. The molecule has 0 aliphatic rings. The Labute approximate surface area is 115 Å². The topological polar surface area (TPSA) is 90.7 Å². The molecule has 0 unspecified atom stereocenters. The highest BCUT2D eigenvalue weighted by Gasteiger charge is 2.15. The van der Waals surface area contributed by atoms with Crippen molar-refractivity contribution in [2.24, 2.45) is 0 Å². The molecule has 0 bridgehead atoms. The molecule has 2 N–H and O–H groups in total. The van der Waals surface area contributed by atoms with Gasteiger partial charge in [-0.25, -0.2) is 9.61 Å². The third kappa shape index (κ3) is 1.95. The van der Waals surface area contributed by atoms with E-state index in [0.717, 1.165) is 22.5 Å². The number of hydrogen-bond acceptors (Lipinski definition) is 6. The minimum atomic E-state index is 0.416. The van der Waals surface area contributed by atoms with Gasteiger partial charge in [-0.15, -0.1) is 6.42 Å². The second-order valence-corrected chi connectivity index (χ2v) is 4.39. The van der Waals surface area contributed by atoms with E-state index in [1.54, 1.807) is 6.20 Å². The largest absolute Gasteiger partial charge is 0.396 e. The minimum Gasteiger partial charge on any atom is -0.396 e. The van der Waals surface area contributed by atoms with Crippen LogP contribution in [0.25, 0.3) is 11.2 Å². The van der Waals surface area contributed by atoms with Crippen molar-refractivity contribution in [2.45, 2.75) is 13.3 Å². The van der Waals surface area contributed by atoms with Gasteiger partial charge in [-0.1, -0.05) is 5.92 Å². The summed E-state index contributed by atoms with van der Waals surface area (Å²) in [5.41, 5.74) is 10.8. The van der Waals surface area contributed by atoms with E-state index in [0.29, 0.717) is 23.3 Å². The van der Waals surface area contributed by atoms with Gasteiger partial charge in [0.25, 0.3) is 0 Å². The predicted octanol–water partition coefficient (Wildman–Crippen LogP) is 1.48. The van der Waals surface area contributed by atoms with E-state index in [2.05, 4.69) is 30.8 Å². The number of terminal acetylenes is 1. The minimum absolute atomic E-state index is 0.416. The third-order valence-corrected chi connectivity index (χ3v) is 3.11. The molecule has 0 fully saturated rings. The number of pyridine rings is 2. The number of nitrogens with zero attached hydrogens (tertiary/aromatic N) is 4. The van der Waals surface area contributed by atoms with Crippen LogP contribution in [0.15, 0.2) is 23.0 Å². The molecule has 0 aliphatic heterocycles. The van der Waals surface area contributed by atoms with E-state index in [-0.39, 0.29) is 0 Å². The number of nitrogen functional groups attached to an aromatic ring is 1. The highest BCUT2D eigenvalue weighted by atomic mass is 16.6. The van der Waals surface area contributed by atoms with Gasteiger partial charge in [-0.05, 0) is 29.4 Å². The Kier molecular flexibility index (Phi) is 2.80. The lowest BCUT2D eigenvalue weighted by Gasteiger charge is -2.08. The number of aromatic nitrogens is 4. The normalized spacial score (nSPS) is 10.6. The molecule has 0 aliphatic carbocycles. The molecule has 98 valence electrons. The van der Waals surface area contributed by atoms with Gasteiger partial charge in [0.05, 0.1) is 5.69 Å². The van der Waals surface area contributed by atoms with Crippen molar-refractivity contribution in [1.82, 2.24) is 20.3 Å². The van der Waals surface area contributed by atoms with Crippen LogP contribution in [-0.4, -0.2) is 20.3 Å². The lowest BCUT2D eigenvalue weighted by Crippen LogP contribution is -2.03. The van der Waals surface area contributed by atoms with Gasteiger partial charge in [0.15, 0.2) is 5.52 Å². The number of hydrogen-bond donors (Lipinski definition) is 1. The molecular weight excluding hydrogens is 254 g/mol. The molecule has 0 spiro atoms. The smallest absolute Gasteiger partial charge is 0.226 e. The quantitative estimate of drug-likeness (QED) is 0.706. The van der Waals surface area contributed by atoms with Crippen LogP contribution in [0.5, 0.6) is 0 Å². The van der Waals surface area contributed by atoms with Gasteiger partial charge >= 0.3 is 0 Å². The second-order valence-electron chi connectivity index (χ2n) is 4.39. The fraction of sp³-hybridized carbons (Fsp3) is 0.143. The van der Waals surface area contributed by atoms with Crippen molar-refractivity contribution in [2.75, 3.05) is 5.73 Å². The average Bonchev–Trinajstić information content (AvgIpc) is 2.92. The van der Waals surface area contributed by atoms with Crippen molar-refractivity contribution in [3.05, 3.63) is 40.8 Å². The van der Waals surface area contributed by atoms with Crippen LogP contribution >= 0.6 is 0 Å². The molecule has 0 atom stereocenters. The Morgan fingerprint density at radius 3 is 2.90 bits per heavy atom. The van der Waals surface area contributed by atoms with Gasteiger partial charge in [-0.2, -0.15) is 0 Å². The van der Waals surface area contributed by atoms with E-state index < -0.39 is 0 Å². The second kappa shape index (κ2) is 4.63. The Morgan fingerprint density at radius 1 is 1.35 bits per heavy atom. The van der Waals surface area contributed by atoms with Crippen molar-refractivity contribution in [3.63, 3.8) is 0 Å². The molecular formula is C14H11N5O. The summed E-state index contributed by atoms with van der Waals surface area (Å²) in [5, 5.41) is 7.46. The fourth-order valence-electron chi connectivity index (χ4n) is 2.01. The zero-order valence-electron chi connectivity index (χ0n) is 10.8. The summed E-state index contributed by atoms with van der Waals surface area (Å²) in [6.45, 7) is 1.87. The van der Waals surface area contributed by atoms with Gasteiger partial charge in [0.1, 0.15) is 0 Å². The predicted molar refractivity (Wildman–Crippen MR) is 73.7 cm³/mol. The van der Waals surface area contributed by atoms with Crippen LogP contribution in [0.4, 0.5) is 5.69 Å². The Balaban J connectivity index is 2.03. The first-order valence-electron chi connectivity index (χ1n) is 5.98. The Morgan fingerprint density at radius 2 is 2.20 bits per heavy atom. The number of rotatable bonds is 2. The van der Waals surface area contributed by atoms with Crippen molar-refractivity contribution in [1.29, 1.82) is 0 Å². The van der Waals surface area contributed by atoms with Crippen LogP contribution in [0.2, 0.25) is 0 Å². The van der Waals surface area contributed by atoms with E-state index in [1.807, 2.05) is 19.1 Å². The zero-order chi connectivity index (χ0) is 14.1. The first-order chi connectivity index (χ1) is 9.69. The summed E-state index contributed by atoms with van der Waals surface area (Å²) in [5.74, 6) is 2.53. The number of anilines is 1. The van der Waals surface area contributed by atoms with E-state index in [1.165, 1.54) is 0 Å². The summed E-state index contributed by atoms with van der Waals surface area (Å²) in [4.78, 5) is 8.63. The molecule has 0 saturated carbocycles. The molecule has 0 aromatic carbocycles. The summed E-state index contributed by atoms with van der Waals surface area (Å²) in [6.07, 6.45) is 7.52. The molecule has 3 aromatic heterocycles. The first-order valence-corrected chi connectivity index (χ1v) is 5.98. The van der Waals surface area contributed by atoms with Crippen LogP contribution in [0, 0.1) is 19.3 Å². The van der Waals surface area contributed by atoms with Gasteiger partial charge in [0.2, 0.25) is 5.65 Å². The van der Waals surface area contributed by atoms with Crippen LogP contribution in [-0.2, 0) is 6.42 Å². The summed E-state index contributed by atoms with van der Waals surface area (Å²) in [7, 11) is 0. The molecule has 6 nitrogen and oxygen atoms in total. The summed E-state index contributed by atoms with van der Waals surface area (Å²) in [6, 6.07) is 3.72. The standard InChI is InChI=1S/C14H11N5O/c1-3-9-4-5-10(16-7-9)6-11-8(2)17-14-13(12(11)15)18-20-19-14/h1,4-5,7H,6,15H2,2H3. The maximum Gasteiger partial charge on any atom is 0.226 e. The maximum atomic E-state index is 6.11. The number of fused-ring (bicyclic) bond motifs is 1. The van der Waals surface area contributed by atoms with Gasteiger partial charge < -0.3 is 5.73 Å². The molecule has 0 amide bonds. The molecule has 0 saturated heterocycles. The van der Waals surface area contributed by atoms with Gasteiger partial charge in [0, 0.05) is 35.1 Å². The summed E-state index contributed by atoms with van der Waals surface area (Å²) < 4.78 is 4.66. The number of nitrogens with two attached hydrogens (primary N) is 1. The van der Waals surface area contributed by atoms with Crippen molar-refractivity contribution < 1.29 is 4.63 Å². The van der Waals surface area contributed by atoms with Crippen molar-refractivity contribution >= 4 is 16.9 Å². The average molecular weight is 265 g/mol. The zero-order valence-corrected chi connectivity index (χ0v) is 10.8. The lowest BCUT2D eigenvalue weighted by atomic mass is 10.0. The van der Waals surface area contributed by atoms with Crippen LogP contribution in [0.1, 0.15) is 22.5 Å². The first kappa shape index (κ1) is 12.1. The van der Waals surface area contributed by atoms with Gasteiger partial charge in [-0.3, -0.25) is 4.98 Å². The molecule has 20 heavy (non-hydrogen) atoms. The molecule has 3 rings (SSSR count). The number of aryl methyl sites for hydroxylation is 1. The fourth-order valence-corrected chi connectivity index (χ4v) is 2.01. The molecule has 3 heterocycles. The maximum absolute atomic E-state index is 6.11. The third-order valence-electron chi connectivity index (χ3n) is 3.11. The van der Waals surface area contributed by atoms with E-state index in [9.17, 15) is 0 Å².